The summed E-state index contributed by atoms with van der Waals surface area (Å²) in [5.74, 6) is 1.52. The van der Waals surface area contributed by atoms with Gasteiger partial charge in [-0.25, -0.2) is 0 Å². The Morgan fingerprint density at radius 2 is 1.43 bits per heavy atom. The van der Waals surface area contributed by atoms with Gasteiger partial charge in [-0.1, -0.05) is 12.1 Å². The van der Waals surface area contributed by atoms with E-state index < -0.39 is 19.6 Å². The molecule has 2 N–H and O–H groups in total. The number of carbonyl (C=O) groups excluding carboxylic acids is 1. The summed E-state index contributed by atoms with van der Waals surface area (Å²) in [5, 5.41) is 19.2. The molecule has 4 aliphatic rings. The number of hydrogen-bond donors (Lipinski definition) is 2. The first-order valence-electron chi connectivity index (χ1n) is 14.8. The predicted molar refractivity (Wildman–Crippen MR) is 136 cm³/mol. The fourth-order valence-electron chi connectivity index (χ4n) is 4.91. The number of amides is 1. The van der Waals surface area contributed by atoms with Crippen LogP contribution in [0.2, 0.25) is 0 Å². The van der Waals surface area contributed by atoms with Gasteiger partial charge in [-0.2, -0.15) is 0 Å². The van der Waals surface area contributed by atoms with Gasteiger partial charge in [0.1, 0.15) is 5.48 Å². The zero-order valence-electron chi connectivity index (χ0n) is 24.7. The second-order valence-electron chi connectivity index (χ2n) is 9.80. The standard InChI is InChI=1S/C14H17NO4.C14H19NO3/c16-11-2-1-5-15(8-11)14(17)7-10-3-4-12-13(6-10)19-9-18-12;16-12-2-1-6-15(9-12)7-5-11-3-4-13-14(8-11)18-10-17-13/h3-4,6,11,16H,1-2,5,7-9H2;3-4,8,12,16H,1-2,5-7,9-10H2/i9D2;10D2. The first kappa shape index (κ1) is 21.0. The predicted octanol–water partition coefficient (Wildman–Crippen LogP) is 2.36. The van der Waals surface area contributed by atoms with Crippen LogP contribution < -0.4 is 18.9 Å². The van der Waals surface area contributed by atoms with E-state index in [2.05, 4.69) is 4.90 Å². The molecule has 0 saturated carbocycles. The molecule has 9 heteroatoms. The van der Waals surface area contributed by atoms with E-state index in [4.69, 9.17) is 24.4 Å². The molecule has 0 aromatic heterocycles. The van der Waals surface area contributed by atoms with Crippen LogP contribution in [0.4, 0.5) is 0 Å². The lowest BCUT2D eigenvalue weighted by atomic mass is 10.1. The van der Waals surface area contributed by atoms with Crippen molar-refractivity contribution in [3.05, 3.63) is 47.5 Å². The average molecular weight is 517 g/mol. The lowest BCUT2D eigenvalue weighted by Gasteiger charge is -2.30. The van der Waals surface area contributed by atoms with Crippen molar-refractivity contribution in [3.63, 3.8) is 0 Å². The van der Waals surface area contributed by atoms with Gasteiger partial charge in [0.25, 0.3) is 0 Å². The highest BCUT2D eigenvalue weighted by Gasteiger charge is 2.23. The summed E-state index contributed by atoms with van der Waals surface area (Å²) in [5.41, 5.74) is 1.82. The minimum atomic E-state index is -2.15. The van der Waals surface area contributed by atoms with Gasteiger partial charge in [0.05, 0.1) is 18.6 Å². The molecule has 9 nitrogen and oxygen atoms in total. The molecule has 2 unspecified atom stereocenters. The monoisotopic (exact) mass is 516 g/mol. The van der Waals surface area contributed by atoms with Gasteiger partial charge in [0, 0.05) is 26.2 Å². The second-order valence-corrected chi connectivity index (χ2v) is 9.80. The number of aliphatic hydroxyl groups is 2. The van der Waals surface area contributed by atoms with E-state index in [0.717, 1.165) is 62.9 Å². The van der Waals surface area contributed by atoms with Crippen molar-refractivity contribution in [1.82, 2.24) is 9.80 Å². The number of rotatable bonds is 5. The zero-order valence-corrected chi connectivity index (χ0v) is 20.7. The molecule has 0 spiro atoms. The Hall–Kier alpha value is -3.01. The van der Waals surface area contributed by atoms with Gasteiger partial charge in [-0.3, -0.25) is 4.79 Å². The summed E-state index contributed by atoms with van der Waals surface area (Å²) in [4.78, 5) is 16.1. The number of hydrogen-bond acceptors (Lipinski definition) is 8. The van der Waals surface area contributed by atoms with Gasteiger partial charge in [0.15, 0.2) is 23.0 Å². The topological polar surface area (TPSA) is 101 Å². The number of carbonyl (C=O) groups is 1. The third kappa shape index (κ3) is 6.85. The van der Waals surface area contributed by atoms with Crippen LogP contribution in [-0.4, -0.2) is 84.3 Å². The maximum absolute atomic E-state index is 12.2. The van der Waals surface area contributed by atoms with E-state index in [0.29, 0.717) is 36.1 Å². The number of benzene rings is 2. The highest BCUT2D eigenvalue weighted by atomic mass is 16.7. The Morgan fingerprint density at radius 3 is 2.11 bits per heavy atom. The van der Waals surface area contributed by atoms with Crippen LogP contribution in [0.1, 0.15) is 42.3 Å². The van der Waals surface area contributed by atoms with Crippen LogP contribution in [0.5, 0.6) is 23.0 Å². The molecule has 6 rings (SSSR count). The molecular weight excluding hydrogens is 476 g/mol. The molecular formula is C28H36N2O7. The Labute approximate surface area is 223 Å². The summed E-state index contributed by atoms with van der Waals surface area (Å²) >= 11 is 0. The van der Waals surface area contributed by atoms with Gasteiger partial charge in [0.2, 0.25) is 19.4 Å². The number of piperidine rings is 2. The number of aliphatic hydroxyl groups excluding tert-OH is 2. The van der Waals surface area contributed by atoms with E-state index in [1.165, 1.54) is 0 Å². The quantitative estimate of drug-likeness (QED) is 0.625. The summed E-state index contributed by atoms with van der Waals surface area (Å²) < 4.78 is 49.7. The fraction of sp³-hybridized carbons (Fsp3) is 0.536. The fourth-order valence-corrected chi connectivity index (χ4v) is 4.91. The minimum absolute atomic E-state index is 0.0457. The summed E-state index contributed by atoms with van der Waals surface area (Å²) in [6.07, 6.45) is 3.91. The van der Waals surface area contributed by atoms with E-state index >= 15 is 0 Å². The largest absolute Gasteiger partial charge is 0.454 e. The molecule has 200 valence electrons. The van der Waals surface area contributed by atoms with E-state index in [-0.39, 0.29) is 18.4 Å². The Balaban J connectivity index is 0.000000165. The molecule has 2 fully saturated rings. The lowest BCUT2D eigenvalue weighted by Crippen LogP contribution is -2.42. The van der Waals surface area contributed by atoms with Crippen molar-refractivity contribution in [1.29, 1.82) is 0 Å². The van der Waals surface area contributed by atoms with Crippen LogP contribution in [0.25, 0.3) is 0 Å². The molecule has 2 atom stereocenters. The molecule has 4 heterocycles. The SMILES string of the molecule is [2H]C1([2H])Oc2ccc(CC(=O)N3CCCC(O)C3)cc2O1.[2H]C1([2H])Oc2ccc(CCN3CCCC(O)C3)cc2O1. The number of β-amino-alcohol motifs (C(OH)–C–C–N with tert-alkyl or cyclic N) is 2. The first-order chi connectivity index (χ1) is 19.4. The smallest absolute Gasteiger partial charge is 0.231 e. The van der Waals surface area contributed by atoms with Gasteiger partial charge in [-0.05, 0) is 74.0 Å². The molecule has 1 amide bonds. The molecule has 2 saturated heterocycles. The Bertz CT molecular complexity index is 1250. The van der Waals surface area contributed by atoms with Crippen molar-refractivity contribution in [3.8, 4) is 23.0 Å². The molecule has 0 bridgehead atoms. The van der Waals surface area contributed by atoms with Gasteiger partial charge in [-0.15, -0.1) is 0 Å². The van der Waals surface area contributed by atoms with E-state index in [1.807, 2.05) is 12.1 Å². The van der Waals surface area contributed by atoms with Gasteiger partial charge >= 0.3 is 0 Å². The Kier molecular flexibility index (Phi) is 6.82. The summed E-state index contributed by atoms with van der Waals surface area (Å²) in [6.45, 7) is -0.490. The maximum atomic E-state index is 12.2. The normalized spacial score (nSPS) is 26.7. The van der Waals surface area contributed by atoms with Crippen LogP contribution in [0, 0.1) is 0 Å². The number of ether oxygens (including phenoxy) is 4. The highest BCUT2D eigenvalue weighted by molar-refractivity contribution is 5.79. The minimum Gasteiger partial charge on any atom is -0.454 e. The molecule has 0 aliphatic carbocycles. The van der Waals surface area contributed by atoms with Crippen molar-refractivity contribution in [2.45, 2.75) is 50.7 Å². The first-order valence-corrected chi connectivity index (χ1v) is 12.8. The van der Waals surface area contributed by atoms with Crippen molar-refractivity contribution in [2.24, 2.45) is 0 Å². The third-order valence-corrected chi connectivity index (χ3v) is 6.92. The van der Waals surface area contributed by atoms with Crippen molar-refractivity contribution >= 4 is 5.91 Å². The van der Waals surface area contributed by atoms with Crippen molar-refractivity contribution in [2.75, 3.05) is 46.2 Å². The van der Waals surface area contributed by atoms with Gasteiger partial charge < -0.3 is 39.0 Å². The number of fused-ring (bicyclic) bond motifs is 2. The molecule has 4 aliphatic heterocycles. The van der Waals surface area contributed by atoms with Crippen LogP contribution in [0.15, 0.2) is 36.4 Å². The Morgan fingerprint density at radius 1 is 0.838 bits per heavy atom. The number of nitrogens with zero attached hydrogens (tertiary/aromatic N) is 2. The molecule has 2 aromatic rings. The van der Waals surface area contributed by atoms with Crippen LogP contribution >= 0.6 is 0 Å². The average Bonchev–Trinajstić information content (AvgIpc) is 3.39. The van der Waals surface area contributed by atoms with E-state index in [9.17, 15) is 15.0 Å². The summed E-state index contributed by atoms with van der Waals surface area (Å²) in [7, 11) is 0. The molecule has 37 heavy (non-hydrogen) atoms. The number of likely N-dealkylation sites (tertiary alicyclic amines) is 2. The highest BCUT2D eigenvalue weighted by Crippen LogP contribution is 2.33. The summed E-state index contributed by atoms with van der Waals surface area (Å²) in [6, 6.07) is 10.5. The molecule has 2 aromatic carbocycles. The van der Waals surface area contributed by atoms with Crippen LogP contribution in [0.3, 0.4) is 0 Å². The van der Waals surface area contributed by atoms with Crippen molar-refractivity contribution < 1.29 is 39.4 Å². The second kappa shape index (κ2) is 12.0. The zero-order chi connectivity index (χ0) is 29.2. The van der Waals surface area contributed by atoms with E-state index in [1.54, 1.807) is 29.2 Å². The molecule has 0 radical (unpaired) electrons. The maximum Gasteiger partial charge on any atom is 0.231 e. The van der Waals surface area contributed by atoms with Crippen LogP contribution in [-0.2, 0) is 17.6 Å². The lowest BCUT2D eigenvalue weighted by molar-refractivity contribution is -0.133. The third-order valence-electron chi connectivity index (χ3n) is 6.92.